The van der Waals surface area contributed by atoms with Gasteiger partial charge in [-0.15, -0.1) is 6.58 Å². The van der Waals surface area contributed by atoms with Gasteiger partial charge in [0.2, 0.25) is 20.9 Å². The molecular formula is C25H33N3O4S. The lowest BCUT2D eigenvalue weighted by Gasteiger charge is -2.28. The zero-order valence-corrected chi connectivity index (χ0v) is 19.9. The molecule has 0 radical (unpaired) electrons. The van der Waals surface area contributed by atoms with E-state index in [1.54, 1.807) is 29.0 Å². The van der Waals surface area contributed by atoms with E-state index in [0.29, 0.717) is 30.9 Å². The number of hydrogen-bond acceptors (Lipinski definition) is 5. The normalized spacial score (nSPS) is 19.1. The third-order valence-corrected chi connectivity index (χ3v) is 8.10. The lowest BCUT2D eigenvalue weighted by Crippen LogP contribution is -2.40. The standard InChI is InChI=1S/C25H33N3O4S/c1-2-14-28-22(16-26-25(28)33(30,31)19-20-9-4-3-5-10-20)17-27(18-23-13-8-15-32-23)24(29)21-11-6-7-12-21/h2-5,9-10,16,21,23H,1,6-8,11-15,17-19H2. The average molecular weight is 472 g/mol. The molecule has 8 heteroatoms. The Bertz CT molecular complexity index is 1050. The maximum Gasteiger partial charge on any atom is 0.228 e. The monoisotopic (exact) mass is 471 g/mol. The second kappa shape index (κ2) is 10.7. The Hall–Kier alpha value is -2.45. The number of imidazole rings is 1. The van der Waals surface area contributed by atoms with Gasteiger partial charge in [0.25, 0.3) is 0 Å². The molecule has 1 amide bonds. The topological polar surface area (TPSA) is 81.5 Å². The first-order chi connectivity index (χ1) is 16.0. The van der Waals surface area contributed by atoms with Crippen molar-refractivity contribution in [2.24, 2.45) is 5.92 Å². The van der Waals surface area contributed by atoms with E-state index in [9.17, 15) is 13.2 Å². The molecule has 2 heterocycles. The molecular weight excluding hydrogens is 438 g/mol. The highest BCUT2D eigenvalue weighted by Gasteiger charge is 2.31. The summed E-state index contributed by atoms with van der Waals surface area (Å²) in [5, 5.41) is 0.0200. The zero-order valence-electron chi connectivity index (χ0n) is 19.1. The third-order valence-electron chi connectivity index (χ3n) is 6.51. The number of aromatic nitrogens is 2. The first-order valence-electron chi connectivity index (χ1n) is 11.8. The molecule has 1 saturated heterocycles. The van der Waals surface area contributed by atoms with E-state index in [0.717, 1.165) is 45.1 Å². The lowest BCUT2D eigenvalue weighted by atomic mass is 10.1. The van der Waals surface area contributed by atoms with Crippen molar-refractivity contribution >= 4 is 15.7 Å². The maximum atomic E-state index is 13.4. The number of carbonyl (C=O) groups excluding carboxylic acids is 1. The smallest absolute Gasteiger partial charge is 0.228 e. The summed E-state index contributed by atoms with van der Waals surface area (Å²) in [6.45, 7) is 5.68. The van der Waals surface area contributed by atoms with Crippen molar-refractivity contribution in [3.05, 3.63) is 60.4 Å². The van der Waals surface area contributed by atoms with Crippen molar-refractivity contribution in [3.63, 3.8) is 0 Å². The summed E-state index contributed by atoms with van der Waals surface area (Å²) in [5.41, 5.74) is 1.41. The Morgan fingerprint density at radius 2 is 1.94 bits per heavy atom. The SMILES string of the molecule is C=CCn1c(CN(CC2CCCO2)C(=O)C2CCCC2)cnc1S(=O)(=O)Cc1ccccc1. The van der Waals surface area contributed by atoms with Gasteiger partial charge >= 0.3 is 0 Å². The molecule has 33 heavy (non-hydrogen) atoms. The minimum Gasteiger partial charge on any atom is -0.376 e. The Balaban J connectivity index is 1.59. The van der Waals surface area contributed by atoms with E-state index in [4.69, 9.17) is 4.74 Å². The lowest BCUT2D eigenvalue weighted by molar-refractivity contribution is -0.137. The van der Waals surface area contributed by atoms with Crippen LogP contribution in [0, 0.1) is 5.92 Å². The van der Waals surface area contributed by atoms with Crippen LogP contribution in [0.2, 0.25) is 0 Å². The number of rotatable bonds is 10. The summed E-state index contributed by atoms with van der Waals surface area (Å²) in [6, 6.07) is 9.09. The fourth-order valence-electron chi connectivity index (χ4n) is 4.84. The van der Waals surface area contributed by atoms with Crippen LogP contribution in [-0.4, -0.2) is 48.0 Å². The fraction of sp³-hybridized carbons (Fsp3) is 0.520. The van der Waals surface area contributed by atoms with Gasteiger partial charge in [0, 0.05) is 25.6 Å². The molecule has 178 valence electrons. The Kier molecular flexibility index (Phi) is 7.65. The van der Waals surface area contributed by atoms with Gasteiger partial charge in [-0.25, -0.2) is 13.4 Å². The highest BCUT2D eigenvalue weighted by atomic mass is 32.2. The van der Waals surface area contributed by atoms with E-state index >= 15 is 0 Å². The van der Waals surface area contributed by atoms with Crippen LogP contribution in [0.25, 0.3) is 0 Å². The largest absolute Gasteiger partial charge is 0.376 e. The molecule has 2 aliphatic rings. The van der Waals surface area contributed by atoms with Gasteiger partial charge in [-0.05, 0) is 31.2 Å². The van der Waals surface area contributed by atoms with Crippen molar-refractivity contribution in [2.45, 2.75) is 68.6 Å². The maximum absolute atomic E-state index is 13.4. The molecule has 0 spiro atoms. The van der Waals surface area contributed by atoms with E-state index in [1.807, 2.05) is 23.1 Å². The molecule has 1 atom stereocenters. The molecule has 1 unspecified atom stereocenters. The highest BCUT2D eigenvalue weighted by molar-refractivity contribution is 7.90. The van der Waals surface area contributed by atoms with Crippen LogP contribution < -0.4 is 0 Å². The van der Waals surface area contributed by atoms with Gasteiger partial charge in [0.1, 0.15) is 0 Å². The van der Waals surface area contributed by atoms with Gasteiger partial charge in [-0.2, -0.15) is 0 Å². The average Bonchev–Trinajstić information content (AvgIpc) is 3.57. The predicted octanol–water partition coefficient (Wildman–Crippen LogP) is 3.74. The number of allylic oxidation sites excluding steroid dienone is 1. The van der Waals surface area contributed by atoms with Crippen LogP contribution >= 0.6 is 0 Å². The summed E-state index contributed by atoms with van der Waals surface area (Å²) < 4.78 is 33.9. The van der Waals surface area contributed by atoms with Crippen LogP contribution in [0.5, 0.6) is 0 Å². The Labute approximate surface area is 196 Å². The van der Waals surface area contributed by atoms with Crippen LogP contribution in [0.4, 0.5) is 0 Å². The molecule has 0 N–H and O–H groups in total. The van der Waals surface area contributed by atoms with Crippen molar-refractivity contribution in [2.75, 3.05) is 13.2 Å². The van der Waals surface area contributed by atoms with Crippen molar-refractivity contribution in [1.29, 1.82) is 0 Å². The summed E-state index contributed by atoms with van der Waals surface area (Å²) >= 11 is 0. The molecule has 4 rings (SSSR count). The minimum atomic E-state index is -3.66. The fourth-order valence-corrected chi connectivity index (χ4v) is 6.34. The van der Waals surface area contributed by atoms with Crippen LogP contribution in [0.1, 0.15) is 49.8 Å². The van der Waals surface area contributed by atoms with E-state index in [1.165, 1.54) is 0 Å². The summed E-state index contributed by atoms with van der Waals surface area (Å²) in [4.78, 5) is 19.5. The van der Waals surface area contributed by atoms with Gasteiger partial charge in [0.15, 0.2) is 0 Å². The van der Waals surface area contributed by atoms with E-state index in [2.05, 4.69) is 11.6 Å². The molecule has 2 fully saturated rings. The molecule has 0 bridgehead atoms. The van der Waals surface area contributed by atoms with Gasteiger partial charge < -0.3 is 14.2 Å². The van der Waals surface area contributed by atoms with Gasteiger partial charge in [-0.3, -0.25) is 4.79 Å². The molecule has 1 aliphatic carbocycles. The molecule has 1 aliphatic heterocycles. The number of benzene rings is 1. The second-order valence-corrected chi connectivity index (χ2v) is 10.9. The van der Waals surface area contributed by atoms with Crippen LogP contribution in [0.15, 0.2) is 54.3 Å². The number of carbonyl (C=O) groups is 1. The summed E-state index contributed by atoms with van der Waals surface area (Å²) in [6.07, 6.45) is 9.24. The third kappa shape index (κ3) is 5.73. The molecule has 7 nitrogen and oxygen atoms in total. The number of ether oxygens (including phenoxy) is 1. The minimum absolute atomic E-state index is 0.0200. The number of nitrogens with zero attached hydrogens (tertiary/aromatic N) is 3. The summed E-state index contributed by atoms with van der Waals surface area (Å²) in [7, 11) is -3.66. The van der Waals surface area contributed by atoms with Gasteiger partial charge in [0.05, 0.1) is 30.3 Å². The molecule has 1 saturated carbocycles. The van der Waals surface area contributed by atoms with Crippen LogP contribution in [0.3, 0.4) is 0 Å². The quantitative estimate of drug-likeness (QED) is 0.493. The van der Waals surface area contributed by atoms with Gasteiger partial charge in [-0.1, -0.05) is 49.2 Å². The predicted molar refractivity (Wildman–Crippen MR) is 126 cm³/mol. The zero-order chi connectivity index (χ0) is 23.3. The summed E-state index contributed by atoms with van der Waals surface area (Å²) in [5.74, 6) is 0.0636. The number of sulfone groups is 1. The Morgan fingerprint density at radius 1 is 1.18 bits per heavy atom. The van der Waals surface area contributed by atoms with Crippen molar-refractivity contribution in [3.8, 4) is 0 Å². The molecule has 2 aromatic rings. The highest BCUT2D eigenvalue weighted by Crippen LogP contribution is 2.28. The van der Waals surface area contributed by atoms with E-state index in [-0.39, 0.29) is 28.8 Å². The number of hydrogen-bond donors (Lipinski definition) is 0. The van der Waals surface area contributed by atoms with Crippen molar-refractivity contribution < 1.29 is 17.9 Å². The number of amides is 1. The Morgan fingerprint density at radius 3 is 2.61 bits per heavy atom. The first kappa shape index (κ1) is 23.7. The first-order valence-corrected chi connectivity index (χ1v) is 13.5. The van der Waals surface area contributed by atoms with Crippen LogP contribution in [-0.2, 0) is 38.2 Å². The second-order valence-electron chi connectivity index (χ2n) is 9.01. The van der Waals surface area contributed by atoms with E-state index < -0.39 is 9.84 Å². The van der Waals surface area contributed by atoms with Crippen molar-refractivity contribution in [1.82, 2.24) is 14.5 Å². The molecule has 1 aromatic heterocycles. The molecule has 1 aromatic carbocycles.